The van der Waals surface area contributed by atoms with Gasteiger partial charge in [-0.15, -0.1) is 0 Å². The van der Waals surface area contributed by atoms with E-state index in [9.17, 15) is 0 Å². The maximum absolute atomic E-state index is 2.88. The average molecular weight is 417 g/mol. The highest BCUT2D eigenvalue weighted by Gasteiger charge is 2.43. The SMILES string of the molecule is CCN1CCC2(CCCC(CCCC(C)N3CCC4(CCC(C(C)C)CC4)C3)C2)C1. The zero-order chi connectivity index (χ0) is 21.2. The molecule has 2 nitrogen and oxygen atoms in total. The maximum Gasteiger partial charge on any atom is 0.00671 e. The monoisotopic (exact) mass is 416 g/mol. The highest BCUT2D eigenvalue weighted by molar-refractivity contribution is 4.96. The van der Waals surface area contributed by atoms with Crippen LogP contribution in [0.3, 0.4) is 0 Å². The summed E-state index contributed by atoms with van der Waals surface area (Å²) in [5, 5.41) is 0. The van der Waals surface area contributed by atoms with Gasteiger partial charge >= 0.3 is 0 Å². The Morgan fingerprint density at radius 3 is 2.33 bits per heavy atom. The van der Waals surface area contributed by atoms with Gasteiger partial charge in [-0.1, -0.05) is 46.5 Å². The van der Waals surface area contributed by atoms with Crippen molar-refractivity contribution in [1.29, 1.82) is 0 Å². The molecule has 2 spiro atoms. The van der Waals surface area contributed by atoms with Gasteiger partial charge in [-0.05, 0) is 113 Å². The van der Waals surface area contributed by atoms with Crippen molar-refractivity contribution in [1.82, 2.24) is 9.80 Å². The minimum absolute atomic E-state index is 0.697. The van der Waals surface area contributed by atoms with Crippen LogP contribution in [-0.4, -0.2) is 48.6 Å². The van der Waals surface area contributed by atoms with E-state index in [1.54, 1.807) is 6.42 Å². The summed E-state index contributed by atoms with van der Waals surface area (Å²) in [4.78, 5) is 5.59. The molecular formula is C28H52N2. The van der Waals surface area contributed by atoms with Crippen molar-refractivity contribution in [2.24, 2.45) is 28.6 Å². The number of rotatable bonds is 7. The summed E-state index contributed by atoms with van der Waals surface area (Å²) < 4.78 is 0. The Hall–Kier alpha value is -0.0800. The molecular weight excluding hydrogens is 364 g/mol. The number of likely N-dealkylation sites (tertiary alicyclic amines) is 2. The van der Waals surface area contributed by atoms with Gasteiger partial charge in [0.2, 0.25) is 0 Å². The third kappa shape index (κ3) is 5.28. The van der Waals surface area contributed by atoms with Gasteiger partial charge in [0.05, 0.1) is 0 Å². The summed E-state index contributed by atoms with van der Waals surface area (Å²) >= 11 is 0. The molecule has 0 aromatic heterocycles. The molecule has 4 fully saturated rings. The highest BCUT2D eigenvalue weighted by Crippen LogP contribution is 2.49. The van der Waals surface area contributed by atoms with Crippen LogP contribution in [0.25, 0.3) is 0 Å². The Balaban J connectivity index is 1.17. The molecule has 2 saturated heterocycles. The quantitative estimate of drug-likeness (QED) is 0.441. The van der Waals surface area contributed by atoms with E-state index in [1.807, 2.05) is 0 Å². The molecule has 4 rings (SSSR count). The van der Waals surface area contributed by atoms with Crippen LogP contribution >= 0.6 is 0 Å². The molecule has 2 heteroatoms. The predicted octanol–water partition coefficient (Wildman–Crippen LogP) is 6.99. The van der Waals surface area contributed by atoms with Gasteiger partial charge in [0, 0.05) is 19.1 Å². The van der Waals surface area contributed by atoms with Crippen LogP contribution in [0.2, 0.25) is 0 Å². The summed E-state index contributed by atoms with van der Waals surface area (Å²) in [7, 11) is 0. The Morgan fingerprint density at radius 1 is 0.867 bits per heavy atom. The van der Waals surface area contributed by atoms with E-state index in [0.717, 1.165) is 23.8 Å². The third-order valence-corrected chi connectivity index (χ3v) is 10.4. The van der Waals surface area contributed by atoms with Crippen molar-refractivity contribution >= 4 is 0 Å². The number of hydrogen-bond acceptors (Lipinski definition) is 2. The average Bonchev–Trinajstić information content (AvgIpc) is 3.33. The molecule has 30 heavy (non-hydrogen) atoms. The van der Waals surface area contributed by atoms with Crippen LogP contribution in [0.4, 0.5) is 0 Å². The molecule has 174 valence electrons. The van der Waals surface area contributed by atoms with E-state index in [1.165, 1.54) is 110 Å². The molecule has 0 aromatic rings. The molecule has 2 aliphatic carbocycles. The Morgan fingerprint density at radius 2 is 1.63 bits per heavy atom. The van der Waals surface area contributed by atoms with Crippen LogP contribution in [0.1, 0.15) is 111 Å². The van der Waals surface area contributed by atoms with Crippen LogP contribution in [0.5, 0.6) is 0 Å². The molecule has 3 unspecified atom stereocenters. The smallest absolute Gasteiger partial charge is 0.00671 e. The van der Waals surface area contributed by atoms with Gasteiger partial charge in [-0.2, -0.15) is 0 Å². The summed E-state index contributed by atoms with van der Waals surface area (Å²) in [6, 6.07) is 0.812. The van der Waals surface area contributed by atoms with E-state index < -0.39 is 0 Å². The zero-order valence-electron chi connectivity index (χ0n) is 20.9. The minimum Gasteiger partial charge on any atom is -0.303 e. The highest BCUT2D eigenvalue weighted by atomic mass is 15.2. The van der Waals surface area contributed by atoms with E-state index in [4.69, 9.17) is 0 Å². The molecule has 2 saturated carbocycles. The normalized spacial score (nSPS) is 39.5. The Kier molecular flexibility index (Phi) is 7.56. The van der Waals surface area contributed by atoms with Gasteiger partial charge in [0.25, 0.3) is 0 Å². The molecule has 0 radical (unpaired) electrons. The lowest BCUT2D eigenvalue weighted by Gasteiger charge is -2.39. The van der Waals surface area contributed by atoms with E-state index in [2.05, 4.69) is 37.5 Å². The van der Waals surface area contributed by atoms with Gasteiger partial charge in [-0.3, -0.25) is 0 Å². The standard InChI is InChI=1S/C28H52N2/c1-5-29-18-16-28(21-29)13-7-10-25(20-28)9-6-8-24(4)30-19-17-27(22-30)14-11-26(12-15-27)23(2)3/h23-26H,5-22H2,1-4H3. The Labute approximate surface area is 188 Å². The second kappa shape index (κ2) is 9.82. The van der Waals surface area contributed by atoms with Crippen LogP contribution in [0, 0.1) is 28.6 Å². The summed E-state index contributed by atoms with van der Waals surface area (Å²) in [6.45, 7) is 16.6. The second-order valence-electron chi connectivity index (χ2n) is 12.7. The molecule has 3 atom stereocenters. The van der Waals surface area contributed by atoms with Crippen LogP contribution in [0.15, 0.2) is 0 Å². The molecule has 2 heterocycles. The van der Waals surface area contributed by atoms with Gasteiger partial charge < -0.3 is 9.80 Å². The van der Waals surface area contributed by atoms with E-state index in [0.29, 0.717) is 10.8 Å². The fourth-order valence-corrected chi connectivity index (χ4v) is 8.05. The fourth-order valence-electron chi connectivity index (χ4n) is 8.05. The molecule has 0 N–H and O–H groups in total. The lowest BCUT2D eigenvalue weighted by atomic mass is 9.67. The van der Waals surface area contributed by atoms with E-state index in [-0.39, 0.29) is 0 Å². The first-order valence-electron chi connectivity index (χ1n) is 13.9. The van der Waals surface area contributed by atoms with Crippen molar-refractivity contribution in [2.75, 3.05) is 32.7 Å². The lowest BCUT2D eigenvalue weighted by Crippen LogP contribution is -2.36. The summed E-state index contributed by atoms with van der Waals surface area (Å²) in [5.74, 6) is 2.93. The van der Waals surface area contributed by atoms with Crippen molar-refractivity contribution in [3.8, 4) is 0 Å². The molecule has 0 bridgehead atoms. The first-order chi connectivity index (χ1) is 14.4. The van der Waals surface area contributed by atoms with Gasteiger partial charge in [0.1, 0.15) is 0 Å². The van der Waals surface area contributed by atoms with Crippen LogP contribution in [-0.2, 0) is 0 Å². The number of nitrogens with zero attached hydrogens (tertiary/aromatic N) is 2. The molecule has 4 aliphatic rings. The second-order valence-corrected chi connectivity index (χ2v) is 12.7. The first-order valence-corrected chi connectivity index (χ1v) is 13.9. The molecule has 0 amide bonds. The zero-order valence-corrected chi connectivity index (χ0v) is 20.9. The van der Waals surface area contributed by atoms with Crippen molar-refractivity contribution in [3.05, 3.63) is 0 Å². The lowest BCUT2D eigenvalue weighted by molar-refractivity contribution is 0.116. The topological polar surface area (TPSA) is 6.48 Å². The minimum atomic E-state index is 0.697. The van der Waals surface area contributed by atoms with Gasteiger partial charge in [0.15, 0.2) is 0 Å². The van der Waals surface area contributed by atoms with Crippen molar-refractivity contribution < 1.29 is 0 Å². The van der Waals surface area contributed by atoms with Crippen LogP contribution < -0.4 is 0 Å². The van der Waals surface area contributed by atoms with E-state index >= 15 is 0 Å². The number of hydrogen-bond donors (Lipinski definition) is 0. The summed E-state index contributed by atoms with van der Waals surface area (Å²) in [5.41, 5.74) is 1.41. The van der Waals surface area contributed by atoms with Crippen molar-refractivity contribution in [3.63, 3.8) is 0 Å². The summed E-state index contributed by atoms with van der Waals surface area (Å²) in [6.07, 6.45) is 19.5. The fraction of sp³-hybridized carbons (Fsp3) is 1.00. The molecule has 0 aromatic carbocycles. The Bertz CT molecular complexity index is 535. The maximum atomic E-state index is 2.88. The predicted molar refractivity (Wildman–Crippen MR) is 130 cm³/mol. The molecule has 2 aliphatic heterocycles. The first kappa shape index (κ1) is 23.1. The largest absolute Gasteiger partial charge is 0.303 e. The van der Waals surface area contributed by atoms with Crippen molar-refractivity contribution in [2.45, 2.75) is 117 Å². The van der Waals surface area contributed by atoms with Gasteiger partial charge in [-0.25, -0.2) is 0 Å². The third-order valence-electron chi connectivity index (χ3n) is 10.4.